The Kier molecular flexibility index (Phi) is 6.33. The zero-order valence-electron chi connectivity index (χ0n) is 14.5. The monoisotopic (exact) mass is 366 g/mol. The maximum absolute atomic E-state index is 12.2. The van der Waals surface area contributed by atoms with Crippen LogP contribution in [0.25, 0.3) is 11.5 Å². The molecular weight excluding hydrogens is 344 g/mol. The van der Waals surface area contributed by atoms with Crippen LogP contribution in [-0.4, -0.2) is 45.3 Å². The fraction of sp³-hybridized carbons (Fsp3) is 0.412. The number of benzene rings is 1. The van der Waals surface area contributed by atoms with Crippen molar-refractivity contribution in [2.75, 3.05) is 26.0 Å². The van der Waals surface area contributed by atoms with Gasteiger partial charge in [-0.25, -0.2) is 13.4 Å². The van der Waals surface area contributed by atoms with Crippen LogP contribution in [-0.2, 0) is 25.1 Å². The second-order valence-corrected chi connectivity index (χ2v) is 7.78. The SMILES string of the molecule is COCCNC(=O)CS(=O)(=O)Cc1nc(-c2ccccc2C)oc1C. The van der Waals surface area contributed by atoms with E-state index in [9.17, 15) is 13.2 Å². The van der Waals surface area contributed by atoms with E-state index >= 15 is 0 Å². The zero-order chi connectivity index (χ0) is 18.4. The molecule has 0 aliphatic carbocycles. The number of ether oxygens (including phenoxy) is 1. The third-order valence-electron chi connectivity index (χ3n) is 3.60. The summed E-state index contributed by atoms with van der Waals surface area (Å²) in [5, 5.41) is 2.49. The standard InChI is InChI=1S/C17H22N2O5S/c1-12-6-4-5-7-14(12)17-19-15(13(2)24-17)10-25(21,22)11-16(20)18-8-9-23-3/h4-7H,8-11H2,1-3H3,(H,18,20). The molecule has 1 heterocycles. The number of amides is 1. The number of nitrogens with one attached hydrogen (secondary N) is 1. The molecule has 2 aromatic rings. The average Bonchev–Trinajstić information content (AvgIpc) is 2.87. The highest BCUT2D eigenvalue weighted by Crippen LogP contribution is 2.25. The van der Waals surface area contributed by atoms with Crippen molar-refractivity contribution in [1.29, 1.82) is 0 Å². The van der Waals surface area contributed by atoms with Gasteiger partial charge < -0.3 is 14.5 Å². The Bertz CT molecular complexity index is 842. The maximum atomic E-state index is 12.2. The number of carbonyl (C=O) groups excluding carboxylic acids is 1. The molecule has 0 aliphatic rings. The van der Waals surface area contributed by atoms with E-state index in [2.05, 4.69) is 10.3 Å². The number of aryl methyl sites for hydroxylation is 2. The number of oxazole rings is 1. The van der Waals surface area contributed by atoms with E-state index in [4.69, 9.17) is 9.15 Å². The van der Waals surface area contributed by atoms with Crippen LogP contribution < -0.4 is 5.32 Å². The Balaban J connectivity index is 2.10. The first-order valence-electron chi connectivity index (χ1n) is 7.81. The molecule has 0 spiro atoms. The lowest BCUT2D eigenvalue weighted by molar-refractivity contribution is -0.118. The lowest BCUT2D eigenvalue weighted by atomic mass is 10.1. The summed E-state index contributed by atoms with van der Waals surface area (Å²) in [7, 11) is -2.15. The predicted octanol–water partition coefficient (Wildman–Crippen LogP) is 1.64. The van der Waals surface area contributed by atoms with Crippen molar-refractivity contribution in [2.24, 2.45) is 0 Å². The van der Waals surface area contributed by atoms with E-state index in [-0.39, 0.29) is 12.3 Å². The minimum absolute atomic E-state index is 0.269. The molecule has 1 amide bonds. The molecule has 0 saturated carbocycles. The van der Waals surface area contributed by atoms with Crippen LogP contribution in [0.15, 0.2) is 28.7 Å². The van der Waals surface area contributed by atoms with Crippen molar-refractivity contribution in [3.63, 3.8) is 0 Å². The molecular formula is C17H22N2O5S. The molecule has 0 atom stereocenters. The second-order valence-electron chi connectivity index (χ2n) is 5.71. The smallest absolute Gasteiger partial charge is 0.235 e. The van der Waals surface area contributed by atoms with Gasteiger partial charge in [-0.2, -0.15) is 0 Å². The molecule has 0 aliphatic heterocycles. The van der Waals surface area contributed by atoms with Crippen LogP contribution in [0.4, 0.5) is 0 Å². The van der Waals surface area contributed by atoms with Gasteiger partial charge in [-0.1, -0.05) is 18.2 Å². The van der Waals surface area contributed by atoms with E-state index in [1.165, 1.54) is 7.11 Å². The van der Waals surface area contributed by atoms with Crippen molar-refractivity contribution in [2.45, 2.75) is 19.6 Å². The van der Waals surface area contributed by atoms with Crippen molar-refractivity contribution in [3.8, 4) is 11.5 Å². The largest absolute Gasteiger partial charge is 0.441 e. The van der Waals surface area contributed by atoms with Gasteiger partial charge in [0.15, 0.2) is 9.84 Å². The number of rotatable bonds is 8. The Labute approximate surface area is 147 Å². The third kappa shape index (κ3) is 5.40. The first-order valence-corrected chi connectivity index (χ1v) is 9.63. The maximum Gasteiger partial charge on any atom is 0.235 e. The number of methoxy groups -OCH3 is 1. The van der Waals surface area contributed by atoms with Crippen LogP contribution in [0, 0.1) is 13.8 Å². The summed E-state index contributed by atoms with van der Waals surface area (Å²) < 4.78 is 34.9. The lowest BCUT2D eigenvalue weighted by Gasteiger charge is -2.05. The molecule has 136 valence electrons. The fourth-order valence-electron chi connectivity index (χ4n) is 2.29. The quantitative estimate of drug-likeness (QED) is 0.713. The van der Waals surface area contributed by atoms with Crippen molar-refractivity contribution < 1.29 is 22.4 Å². The summed E-state index contributed by atoms with van der Waals surface area (Å²) in [5.41, 5.74) is 2.12. The zero-order valence-corrected chi connectivity index (χ0v) is 15.4. The molecule has 0 unspecified atom stereocenters. The predicted molar refractivity (Wildman–Crippen MR) is 93.8 cm³/mol. The summed E-state index contributed by atoms with van der Waals surface area (Å²) in [6, 6.07) is 7.56. The highest BCUT2D eigenvalue weighted by atomic mass is 32.2. The lowest BCUT2D eigenvalue weighted by Crippen LogP contribution is -2.33. The van der Waals surface area contributed by atoms with Gasteiger partial charge in [-0.05, 0) is 25.5 Å². The van der Waals surface area contributed by atoms with Crippen LogP contribution in [0.2, 0.25) is 0 Å². The van der Waals surface area contributed by atoms with Gasteiger partial charge in [0.25, 0.3) is 0 Å². The minimum atomic E-state index is -3.65. The second kappa shape index (κ2) is 8.26. The van der Waals surface area contributed by atoms with Gasteiger partial charge in [-0.3, -0.25) is 4.79 Å². The highest BCUT2D eigenvalue weighted by Gasteiger charge is 2.22. The number of aromatic nitrogens is 1. The van der Waals surface area contributed by atoms with E-state index < -0.39 is 21.5 Å². The van der Waals surface area contributed by atoms with Gasteiger partial charge in [-0.15, -0.1) is 0 Å². The summed E-state index contributed by atoms with van der Waals surface area (Å²) in [4.78, 5) is 16.0. The molecule has 1 aromatic heterocycles. The van der Waals surface area contributed by atoms with E-state index in [1.807, 2.05) is 31.2 Å². The van der Waals surface area contributed by atoms with Gasteiger partial charge in [0.05, 0.1) is 18.1 Å². The summed E-state index contributed by atoms with van der Waals surface area (Å²) >= 11 is 0. The Morgan fingerprint density at radius 2 is 2.00 bits per heavy atom. The molecule has 7 nitrogen and oxygen atoms in total. The van der Waals surface area contributed by atoms with Gasteiger partial charge in [0.1, 0.15) is 11.5 Å². The van der Waals surface area contributed by atoms with Gasteiger partial charge in [0.2, 0.25) is 11.8 Å². The molecule has 25 heavy (non-hydrogen) atoms. The van der Waals surface area contributed by atoms with E-state index in [1.54, 1.807) is 6.92 Å². The van der Waals surface area contributed by atoms with Crippen LogP contribution in [0.1, 0.15) is 17.0 Å². The number of hydrogen-bond donors (Lipinski definition) is 1. The normalized spacial score (nSPS) is 11.5. The Morgan fingerprint density at radius 1 is 1.28 bits per heavy atom. The summed E-state index contributed by atoms with van der Waals surface area (Å²) in [6.45, 7) is 4.19. The molecule has 1 N–H and O–H groups in total. The Morgan fingerprint density at radius 3 is 2.68 bits per heavy atom. The molecule has 0 fully saturated rings. The third-order valence-corrected chi connectivity index (χ3v) is 5.02. The summed E-state index contributed by atoms with van der Waals surface area (Å²) in [5.74, 6) is -0.682. The topological polar surface area (TPSA) is 98.5 Å². The van der Waals surface area contributed by atoms with Gasteiger partial charge >= 0.3 is 0 Å². The van der Waals surface area contributed by atoms with Crippen LogP contribution >= 0.6 is 0 Å². The summed E-state index contributed by atoms with van der Waals surface area (Å²) in [6.07, 6.45) is 0. The molecule has 1 aromatic carbocycles. The Hall–Kier alpha value is -2.19. The molecule has 0 bridgehead atoms. The highest BCUT2D eigenvalue weighted by molar-refractivity contribution is 7.91. The molecule has 0 saturated heterocycles. The van der Waals surface area contributed by atoms with E-state index in [0.717, 1.165) is 11.1 Å². The fourth-order valence-corrected chi connectivity index (χ4v) is 3.58. The number of hydrogen-bond acceptors (Lipinski definition) is 6. The first-order chi connectivity index (χ1) is 11.8. The first kappa shape index (κ1) is 19.1. The number of carbonyl (C=O) groups is 1. The van der Waals surface area contributed by atoms with Crippen molar-refractivity contribution >= 4 is 15.7 Å². The van der Waals surface area contributed by atoms with Crippen LogP contribution in [0.5, 0.6) is 0 Å². The van der Waals surface area contributed by atoms with Gasteiger partial charge in [0, 0.05) is 19.2 Å². The minimum Gasteiger partial charge on any atom is -0.441 e. The number of nitrogens with zero attached hydrogens (tertiary/aromatic N) is 1. The molecule has 8 heteroatoms. The average molecular weight is 366 g/mol. The molecule has 2 rings (SSSR count). The van der Waals surface area contributed by atoms with E-state index in [0.29, 0.717) is 24.0 Å². The number of sulfone groups is 1. The van der Waals surface area contributed by atoms with Crippen molar-refractivity contribution in [3.05, 3.63) is 41.3 Å². The van der Waals surface area contributed by atoms with Crippen LogP contribution in [0.3, 0.4) is 0 Å². The van der Waals surface area contributed by atoms with Crippen molar-refractivity contribution in [1.82, 2.24) is 10.3 Å². The molecule has 0 radical (unpaired) electrons.